The molecule has 4 nitrogen and oxygen atoms in total. The third-order valence-electron chi connectivity index (χ3n) is 4.12. The van der Waals surface area contributed by atoms with Gasteiger partial charge >= 0.3 is 0 Å². The summed E-state index contributed by atoms with van der Waals surface area (Å²) in [6, 6.07) is 3.84. The molecule has 1 amide bonds. The van der Waals surface area contributed by atoms with Gasteiger partial charge < -0.3 is 10.6 Å². The Hall–Kier alpha value is -1.84. The standard InChI is InChI=1S/C17H23N3O/c21-17(14-6-7-14)20-15-8-9-16(19-12-15)18-11-10-13-4-2-1-3-5-13/h4,8-9,12,14H,1-3,5-7,10-11H2,(H,18,19)(H,20,21). The molecule has 1 saturated carbocycles. The fourth-order valence-electron chi connectivity index (χ4n) is 2.65. The third kappa shape index (κ3) is 4.31. The van der Waals surface area contributed by atoms with Crippen molar-refractivity contribution in [2.75, 3.05) is 17.2 Å². The number of nitrogens with zero attached hydrogens (tertiary/aromatic N) is 1. The second-order valence-corrected chi connectivity index (χ2v) is 5.98. The molecule has 0 bridgehead atoms. The zero-order valence-electron chi connectivity index (χ0n) is 12.4. The average molecular weight is 285 g/mol. The summed E-state index contributed by atoms with van der Waals surface area (Å²) in [5.74, 6) is 1.23. The molecule has 0 radical (unpaired) electrons. The number of rotatable bonds is 6. The van der Waals surface area contributed by atoms with Crippen molar-refractivity contribution < 1.29 is 4.79 Å². The van der Waals surface area contributed by atoms with Crippen molar-refractivity contribution in [3.05, 3.63) is 30.0 Å². The van der Waals surface area contributed by atoms with Crippen LogP contribution < -0.4 is 10.6 Å². The predicted octanol–water partition coefficient (Wildman–Crippen LogP) is 3.73. The van der Waals surface area contributed by atoms with E-state index in [0.29, 0.717) is 0 Å². The van der Waals surface area contributed by atoms with Crippen LogP contribution in [-0.2, 0) is 4.79 Å². The Morgan fingerprint density at radius 3 is 2.86 bits per heavy atom. The highest BCUT2D eigenvalue weighted by Crippen LogP contribution is 2.30. The van der Waals surface area contributed by atoms with E-state index in [-0.39, 0.29) is 11.8 Å². The van der Waals surface area contributed by atoms with Crippen LogP contribution in [-0.4, -0.2) is 17.4 Å². The summed E-state index contributed by atoms with van der Waals surface area (Å²) in [6.45, 7) is 0.923. The first-order valence-corrected chi connectivity index (χ1v) is 8.00. The number of anilines is 2. The molecule has 2 N–H and O–H groups in total. The van der Waals surface area contributed by atoms with Crippen molar-refractivity contribution in [3.63, 3.8) is 0 Å². The number of hydrogen-bond acceptors (Lipinski definition) is 3. The maximum atomic E-state index is 11.6. The van der Waals surface area contributed by atoms with Crippen LogP contribution in [0.2, 0.25) is 0 Å². The van der Waals surface area contributed by atoms with E-state index in [0.717, 1.165) is 37.3 Å². The number of hydrogen-bond donors (Lipinski definition) is 2. The molecule has 4 heteroatoms. The van der Waals surface area contributed by atoms with Gasteiger partial charge in [0.15, 0.2) is 0 Å². The van der Waals surface area contributed by atoms with Crippen LogP contribution in [0.1, 0.15) is 44.9 Å². The lowest BCUT2D eigenvalue weighted by Crippen LogP contribution is -2.13. The maximum Gasteiger partial charge on any atom is 0.227 e. The topological polar surface area (TPSA) is 54.0 Å². The van der Waals surface area contributed by atoms with Crippen LogP contribution in [0.25, 0.3) is 0 Å². The van der Waals surface area contributed by atoms with E-state index in [4.69, 9.17) is 0 Å². The van der Waals surface area contributed by atoms with Gasteiger partial charge in [0.25, 0.3) is 0 Å². The van der Waals surface area contributed by atoms with Gasteiger partial charge in [0.2, 0.25) is 5.91 Å². The average Bonchev–Trinajstić information content (AvgIpc) is 3.35. The van der Waals surface area contributed by atoms with Crippen LogP contribution in [0.4, 0.5) is 11.5 Å². The van der Waals surface area contributed by atoms with E-state index in [1.807, 2.05) is 12.1 Å². The molecule has 0 atom stereocenters. The smallest absolute Gasteiger partial charge is 0.227 e. The summed E-state index contributed by atoms with van der Waals surface area (Å²) in [4.78, 5) is 16.0. The van der Waals surface area contributed by atoms with E-state index < -0.39 is 0 Å². The molecule has 0 aliphatic heterocycles. The number of amides is 1. The minimum absolute atomic E-state index is 0.127. The number of pyridine rings is 1. The molecule has 1 heterocycles. The second-order valence-electron chi connectivity index (χ2n) is 5.98. The first-order valence-electron chi connectivity index (χ1n) is 8.00. The molecule has 0 aromatic carbocycles. The summed E-state index contributed by atoms with van der Waals surface area (Å²) in [5.41, 5.74) is 2.36. The molecule has 21 heavy (non-hydrogen) atoms. The van der Waals surface area contributed by atoms with E-state index >= 15 is 0 Å². The molecule has 3 rings (SSSR count). The highest BCUT2D eigenvalue weighted by molar-refractivity contribution is 5.93. The molecule has 0 unspecified atom stereocenters. The number of nitrogens with one attached hydrogen (secondary N) is 2. The number of carbonyl (C=O) groups excluding carboxylic acids is 1. The van der Waals surface area contributed by atoms with E-state index in [9.17, 15) is 4.79 Å². The lowest BCUT2D eigenvalue weighted by Gasteiger charge is -2.13. The summed E-state index contributed by atoms with van der Waals surface area (Å²) in [5, 5.41) is 6.24. The van der Waals surface area contributed by atoms with Crippen molar-refractivity contribution >= 4 is 17.4 Å². The largest absolute Gasteiger partial charge is 0.370 e. The van der Waals surface area contributed by atoms with Gasteiger partial charge in [-0.2, -0.15) is 0 Å². The highest BCUT2D eigenvalue weighted by Gasteiger charge is 2.29. The number of carbonyl (C=O) groups is 1. The molecule has 1 aromatic rings. The fraction of sp³-hybridized carbons (Fsp3) is 0.529. The van der Waals surface area contributed by atoms with Gasteiger partial charge in [-0.1, -0.05) is 11.6 Å². The first-order chi connectivity index (χ1) is 10.3. The molecule has 2 aliphatic rings. The first kappa shape index (κ1) is 14.1. The maximum absolute atomic E-state index is 11.6. The third-order valence-corrected chi connectivity index (χ3v) is 4.12. The zero-order valence-corrected chi connectivity index (χ0v) is 12.4. The van der Waals surface area contributed by atoms with E-state index in [1.54, 1.807) is 11.8 Å². The van der Waals surface area contributed by atoms with Crippen molar-refractivity contribution in [1.82, 2.24) is 4.98 Å². The Morgan fingerprint density at radius 1 is 1.29 bits per heavy atom. The summed E-state index contributed by atoms with van der Waals surface area (Å²) in [7, 11) is 0. The lowest BCUT2D eigenvalue weighted by molar-refractivity contribution is -0.117. The van der Waals surface area contributed by atoms with Crippen LogP contribution in [0.3, 0.4) is 0 Å². The Kier molecular flexibility index (Phi) is 4.53. The van der Waals surface area contributed by atoms with Crippen LogP contribution >= 0.6 is 0 Å². The van der Waals surface area contributed by atoms with Crippen molar-refractivity contribution in [1.29, 1.82) is 0 Å². The normalized spacial score (nSPS) is 18.0. The van der Waals surface area contributed by atoms with E-state index in [2.05, 4.69) is 21.7 Å². The fourth-order valence-corrected chi connectivity index (χ4v) is 2.65. The molecule has 0 saturated heterocycles. The van der Waals surface area contributed by atoms with Crippen LogP contribution in [0.15, 0.2) is 30.0 Å². The summed E-state index contributed by atoms with van der Waals surface area (Å²) >= 11 is 0. The molecule has 1 fully saturated rings. The van der Waals surface area contributed by atoms with Crippen molar-refractivity contribution in [3.8, 4) is 0 Å². The number of allylic oxidation sites excluding steroid dienone is 1. The second kappa shape index (κ2) is 6.74. The highest BCUT2D eigenvalue weighted by atomic mass is 16.2. The van der Waals surface area contributed by atoms with Gasteiger partial charge in [0.05, 0.1) is 11.9 Å². The SMILES string of the molecule is O=C(Nc1ccc(NCCC2=CCCCC2)nc1)C1CC1. The summed E-state index contributed by atoms with van der Waals surface area (Å²) < 4.78 is 0. The number of aromatic nitrogens is 1. The van der Waals surface area contributed by atoms with Gasteiger partial charge in [-0.3, -0.25) is 4.79 Å². The van der Waals surface area contributed by atoms with Gasteiger partial charge in [0, 0.05) is 12.5 Å². The predicted molar refractivity (Wildman–Crippen MR) is 85.2 cm³/mol. The molecule has 112 valence electrons. The monoisotopic (exact) mass is 285 g/mol. The van der Waals surface area contributed by atoms with Gasteiger partial charge in [-0.05, 0) is 57.1 Å². The molecule has 0 spiro atoms. The minimum Gasteiger partial charge on any atom is -0.370 e. The Labute approximate surface area is 126 Å². The zero-order chi connectivity index (χ0) is 14.5. The molecule has 1 aromatic heterocycles. The Bertz CT molecular complexity index is 517. The van der Waals surface area contributed by atoms with Crippen molar-refractivity contribution in [2.24, 2.45) is 5.92 Å². The quantitative estimate of drug-likeness (QED) is 0.783. The Balaban J connectivity index is 1.43. The van der Waals surface area contributed by atoms with Crippen LogP contribution in [0.5, 0.6) is 0 Å². The summed E-state index contributed by atoms with van der Waals surface area (Å²) in [6.07, 6.45) is 12.4. The van der Waals surface area contributed by atoms with Crippen LogP contribution in [0, 0.1) is 5.92 Å². The minimum atomic E-state index is 0.127. The van der Waals surface area contributed by atoms with Gasteiger partial charge in [-0.25, -0.2) is 4.98 Å². The molecular weight excluding hydrogens is 262 g/mol. The molecular formula is C17H23N3O. The lowest BCUT2D eigenvalue weighted by atomic mass is 9.97. The van der Waals surface area contributed by atoms with Gasteiger partial charge in [-0.15, -0.1) is 0 Å². The Morgan fingerprint density at radius 2 is 2.19 bits per heavy atom. The van der Waals surface area contributed by atoms with E-state index in [1.165, 1.54) is 25.7 Å². The van der Waals surface area contributed by atoms with Gasteiger partial charge in [0.1, 0.15) is 5.82 Å². The molecule has 2 aliphatic carbocycles. The van der Waals surface area contributed by atoms with Crippen molar-refractivity contribution in [2.45, 2.75) is 44.9 Å².